The zero-order valence-corrected chi connectivity index (χ0v) is 11.5. The van der Waals surface area contributed by atoms with Gasteiger partial charge in [0.05, 0.1) is 4.47 Å². The number of nitrogen functional groups attached to an aromatic ring is 1. The summed E-state index contributed by atoms with van der Waals surface area (Å²) in [5.74, 6) is 2.43. The highest BCUT2D eigenvalue weighted by atomic mass is 79.9. The number of ether oxygens (including phenoxy) is 2. The fraction of sp³-hybridized carbons (Fsp3) is 0.167. The first-order valence-electron chi connectivity index (χ1n) is 5.63. The Labute approximate surface area is 118 Å². The highest BCUT2D eigenvalue weighted by Crippen LogP contribution is 2.32. The molecule has 0 saturated heterocycles. The molecule has 0 bridgehead atoms. The molecule has 0 saturated carbocycles. The van der Waals surface area contributed by atoms with E-state index in [2.05, 4.69) is 31.2 Å². The van der Waals surface area contributed by atoms with Crippen molar-refractivity contribution in [1.29, 1.82) is 0 Å². The number of hydrogen-bond acceptors (Lipinski definition) is 6. The first-order valence-corrected chi connectivity index (χ1v) is 6.42. The van der Waals surface area contributed by atoms with E-state index in [4.69, 9.17) is 15.2 Å². The van der Waals surface area contributed by atoms with Crippen molar-refractivity contribution >= 4 is 27.7 Å². The molecule has 98 valence electrons. The van der Waals surface area contributed by atoms with Gasteiger partial charge in [-0.15, -0.1) is 0 Å². The third kappa shape index (κ3) is 2.55. The van der Waals surface area contributed by atoms with Gasteiger partial charge in [0, 0.05) is 12.7 Å². The highest BCUT2D eigenvalue weighted by molar-refractivity contribution is 9.10. The van der Waals surface area contributed by atoms with Crippen molar-refractivity contribution in [2.24, 2.45) is 0 Å². The summed E-state index contributed by atoms with van der Waals surface area (Å²) in [5.41, 5.74) is 6.61. The summed E-state index contributed by atoms with van der Waals surface area (Å²) in [6.07, 6.45) is 1.62. The number of nitrogens with one attached hydrogen (secondary N) is 1. The van der Waals surface area contributed by atoms with E-state index in [1.165, 1.54) is 0 Å². The molecular formula is C12H11BrN4O2. The first-order chi connectivity index (χ1) is 9.22. The largest absolute Gasteiger partial charge is 0.454 e. The van der Waals surface area contributed by atoms with Crippen LogP contribution >= 0.6 is 15.9 Å². The molecule has 0 aliphatic carbocycles. The second-order valence-corrected chi connectivity index (χ2v) is 4.82. The van der Waals surface area contributed by atoms with Gasteiger partial charge in [-0.3, -0.25) is 0 Å². The highest BCUT2D eigenvalue weighted by Gasteiger charge is 2.13. The smallest absolute Gasteiger partial charge is 0.231 e. The molecule has 19 heavy (non-hydrogen) atoms. The molecule has 1 aromatic heterocycles. The van der Waals surface area contributed by atoms with Gasteiger partial charge in [0.1, 0.15) is 5.82 Å². The number of nitrogens with zero attached hydrogens (tertiary/aromatic N) is 2. The topological polar surface area (TPSA) is 82.3 Å². The standard InChI is InChI=1S/C12H11BrN4O2/c13-8-5-16-12(14)17-11(8)15-4-7-1-2-9-10(3-7)19-6-18-9/h1-3,5H,4,6H2,(H3,14,15,16,17). The molecule has 1 aliphatic rings. The number of anilines is 2. The molecule has 0 amide bonds. The van der Waals surface area contributed by atoms with Crippen LogP contribution in [0.5, 0.6) is 11.5 Å². The van der Waals surface area contributed by atoms with Gasteiger partial charge in [-0.05, 0) is 33.6 Å². The van der Waals surface area contributed by atoms with Crippen molar-refractivity contribution in [3.05, 3.63) is 34.4 Å². The summed E-state index contributed by atoms with van der Waals surface area (Å²) in [6, 6.07) is 5.80. The van der Waals surface area contributed by atoms with Crippen LogP contribution in [0.3, 0.4) is 0 Å². The Balaban J connectivity index is 1.74. The van der Waals surface area contributed by atoms with Crippen molar-refractivity contribution in [2.45, 2.75) is 6.54 Å². The SMILES string of the molecule is Nc1ncc(Br)c(NCc2ccc3c(c2)OCO3)n1. The molecule has 0 spiro atoms. The number of halogens is 1. The van der Waals surface area contributed by atoms with Gasteiger partial charge in [0.25, 0.3) is 0 Å². The fourth-order valence-corrected chi connectivity index (χ4v) is 2.07. The van der Waals surface area contributed by atoms with Crippen LogP contribution in [0.15, 0.2) is 28.9 Å². The van der Waals surface area contributed by atoms with Gasteiger partial charge in [-0.2, -0.15) is 4.98 Å². The van der Waals surface area contributed by atoms with Crippen LogP contribution in [0, 0.1) is 0 Å². The number of hydrogen-bond donors (Lipinski definition) is 2. The van der Waals surface area contributed by atoms with Crippen LogP contribution in [0.4, 0.5) is 11.8 Å². The number of aromatic nitrogens is 2. The maximum Gasteiger partial charge on any atom is 0.231 e. The van der Waals surface area contributed by atoms with E-state index < -0.39 is 0 Å². The Morgan fingerprint density at radius 3 is 3.05 bits per heavy atom. The van der Waals surface area contributed by atoms with Crippen molar-refractivity contribution in [2.75, 3.05) is 17.8 Å². The summed E-state index contributed by atoms with van der Waals surface area (Å²) < 4.78 is 11.4. The van der Waals surface area contributed by atoms with Crippen molar-refractivity contribution in [3.8, 4) is 11.5 Å². The van der Waals surface area contributed by atoms with Gasteiger partial charge in [-0.25, -0.2) is 4.98 Å². The zero-order chi connectivity index (χ0) is 13.2. The quantitative estimate of drug-likeness (QED) is 0.901. The van der Waals surface area contributed by atoms with E-state index in [1.54, 1.807) is 6.20 Å². The van der Waals surface area contributed by atoms with Crippen LogP contribution in [0.1, 0.15) is 5.56 Å². The Morgan fingerprint density at radius 1 is 1.32 bits per heavy atom. The summed E-state index contributed by atoms with van der Waals surface area (Å²) in [6.45, 7) is 0.881. The lowest BCUT2D eigenvalue weighted by Gasteiger charge is -2.08. The molecule has 2 heterocycles. The van der Waals surface area contributed by atoms with Crippen LogP contribution in [0.2, 0.25) is 0 Å². The van der Waals surface area contributed by atoms with E-state index in [1.807, 2.05) is 18.2 Å². The Bertz CT molecular complexity index is 621. The minimum atomic E-state index is 0.233. The third-order valence-electron chi connectivity index (χ3n) is 2.66. The lowest BCUT2D eigenvalue weighted by molar-refractivity contribution is 0.174. The molecule has 1 aliphatic heterocycles. The van der Waals surface area contributed by atoms with Crippen molar-refractivity contribution in [3.63, 3.8) is 0 Å². The lowest BCUT2D eigenvalue weighted by atomic mass is 10.2. The maximum atomic E-state index is 5.55. The Kier molecular flexibility index (Phi) is 3.12. The van der Waals surface area contributed by atoms with Crippen LogP contribution < -0.4 is 20.5 Å². The molecule has 0 fully saturated rings. The molecule has 1 aromatic carbocycles. The molecule has 0 unspecified atom stereocenters. The van der Waals surface area contributed by atoms with E-state index in [0.717, 1.165) is 21.5 Å². The van der Waals surface area contributed by atoms with Crippen LogP contribution in [-0.2, 0) is 6.54 Å². The van der Waals surface area contributed by atoms with Gasteiger partial charge in [0.2, 0.25) is 12.7 Å². The average molecular weight is 323 g/mol. The summed E-state index contributed by atoms with van der Waals surface area (Å²) >= 11 is 3.37. The molecule has 6 nitrogen and oxygen atoms in total. The summed E-state index contributed by atoms with van der Waals surface area (Å²) in [5, 5.41) is 3.19. The van der Waals surface area contributed by atoms with Crippen molar-refractivity contribution < 1.29 is 9.47 Å². The molecule has 7 heteroatoms. The first kappa shape index (κ1) is 12.0. The minimum absolute atomic E-state index is 0.233. The summed E-state index contributed by atoms with van der Waals surface area (Å²) in [4.78, 5) is 8.00. The van der Waals surface area contributed by atoms with E-state index in [9.17, 15) is 0 Å². The van der Waals surface area contributed by atoms with E-state index in [-0.39, 0.29) is 12.7 Å². The molecule has 2 aromatic rings. The molecule has 3 N–H and O–H groups in total. The second-order valence-electron chi connectivity index (χ2n) is 3.97. The Hall–Kier alpha value is -2.02. The predicted octanol–water partition coefficient (Wildman–Crippen LogP) is 2.16. The molecule has 0 radical (unpaired) electrons. The second kappa shape index (κ2) is 4.93. The molecular weight excluding hydrogens is 312 g/mol. The average Bonchev–Trinajstić information content (AvgIpc) is 2.87. The van der Waals surface area contributed by atoms with Gasteiger partial charge >= 0.3 is 0 Å². The van der Waals surface area contributed by atoms with Gasteiger partial charge in [0.15, 0.2) is 11.5 Å². The number of nitrogens with two attached hydrogens (primary N) is 1. The molecule has 0 atom stereocenters. The van der Waals surface area contributed by atoms with Gasteiger partial charge in [-0.1, -0.05) is 6.07 Å². The van der Waals surface area contributed by atoms with Crippen LogP contribution in [-0.4, -0.2) is 16.8 Å². The normalized spacial score (nSPS) is 12.5. The van der Waals surface area contributed by atoms with E-state index >= 15 is 0 Å². The third-order valence-corrected chi connectivity index (χ3v) is 3.24. The molecule has 3 rings (SSSR count). The monoisotopic (exact) mass is 322 g/mol. The van der Waals surface area contributed by atoms with Gasteiger partial charge < -0.3 is 20.5 Å². The maximum absolute atomic E-state index is 5.55. The number of benzene rings is 1. The zero-order valence-electron chi connectivity index (χ0n) is 9.89. The van der Waals surface area contributed by atoms with Crippen LogP contribution in [0.25, 0.3) is 0 Å². The predicted molar refractivity (Wildman–Crippen MR) is 74.0 cm³/mol. The summed E-state index contributed by atoms with van der Waals surface area (Å²) in [7, 11) is 0. The Morgan fingerprint density at radius 2 is 2.16 bits per heavy atom. The lowest BCUT2D eigenvalue weighted by Crippen LogP contribution is -2.05. The van der Waals surface area contributed by atoms with E-state index in [0.29, 0.717) is 12.4 Å². The fourth-order valence-electron chi connectivity index (χ4n) is 1.74. The number of fused-ring (bicyclic) bond motifs is 1. The van der Waals surface area contributed by atoms with Crippen molar-refractivity contribution in [1.82, 2.24) is 9.97 Å². The number of rotatable bonds is 3. The minimum Gasteiger partial charge on any atom is -0.454 e.